The summed E-state index contributed by atoms with van der Waals surface area (Å²) < 4.78 is 37.8. The number of rotatable bonds is 5. The summed E-state index contributed by atoms with van der Waals surface area (Å²) in [5, 5.41) is 8.37. The van der Waals surface area contributed by atoms with E-state index in [1.54, 1.807) is 18.2 Å². The number of hydrogen-bond acceptors (Lipinski definition) is 1. The lowest BCUT2D eigenvalue weighted by Crippen LogP contribution is -2.13. The Hall–Kier alpha value is -2.02. The highest BCUT2D eigenvalue weighted by molar-refractivity contribution is 5.27. The van der Waals surface area contributed by atoms with E-state index in [1.807, 2.05) is 12.1 Å². The van der Waals surface area contributed by atoms with Crippen molar-refractivity contribution in [1.82, 2.24) is 0 Å². The third-order valence-corrected chi connectivity index (χ3v) is 4.72. The largest absolute Gasteiger partial charge is 0.416 e. The number of nitriles is 1. The first-order valence-electron chi connectivity index (χ1n) is 8.39. The van der Waals surface area contributed by atoms with Crippen LogP contribution in [0.2, 0.25) is 0 Å². The number of benzene rings is 1. The molecule has 1 aromatic carbocycles. The van der Waals surface area contributed by atoms with Crippen LogP contribution in [0.3, 0.4) is 0 Å². The highest BCUT2D eigenvalue weighted by Gasteiger charge is 2.30. The van der Waals surface area contributed by atoms with E-state index in [4.69, 9.17) is 5.26 Å². The van der Waals surface area contributed by atoms with Gasteiger partial charge in [-0.2, -0.15) is 18.4 Å². The Kier molecular flexibility index (Phi) is 6.66. The molecule has 0 heterocycles. The molecule has 0 N–H and O–H groups in total. The zero-order chi connectivity index (χ0) is 17.4. The monoisotopic (exact) mass is 333 g/mol. The number of halogens is 3. The molecule has 1 fully saturated rings. The van der Waals surface area contributed by atoms with Crippen LogP contribution in [-0.2, 0) is 6.18 Å². The average molecular weight is 333 g/mol. The minimum absolute atomic E-state index is 0.387. The van der Waals surface area contributed by atoms with Gasteiger partial charge in [0, 0.05) is 6.08 Å². The van der Waals surface area contributed by atoms with Gasteiger partial charge in [0.2, 0.25) is 0 Å². The van der Waals surface area contributed by atoms with Crippen molar-refractivity contribution >= 4 is 0 Å². The van der Waals surface area contributed by atoms with Crippen molar-refractivity contribution < 1.29 is 13.2 Å². The molecule has 1 aliphatic carbocycles. The molecular weight excluding hydrogens is 311 g/mol. The minimum Gasteiger partial charge on any atom is -0.193 e. The Balaban J connectivity index is 1.77. The Bertz CT molecular complexity index is 597. The van der Waals surface area contributed by atoms with Gasteiger partial charge in [0.1, 0.15) is 0 Å². The highest BCUT2D eigenvalue weighted by atomic mass is 19.4. The van der Waals surface area contributed by atoms with Gasteiger partial charge in [-0.15, -0.1) is 0 Å². The van der Waals surface area contributed by atoms with E-state index in [2.05, 4.69) is 6.08 Å². The summed E-state index contributed by atoms with van der Waals surface area (Å²) >= 11 is 0. The molecule has 1 nitrogen and oxygen atoms in total. The maximum atomic E-state index is 12.6. The van der Waals surface area contributed by atoms with E-state index in [0.29, 0.717) is 11.8 Å². The first kappa shape index (κ1) is 18.3. The van der Waals surface area contributed by atoms with Crippen molar-refractivity contribution in [2.24, 2.45) is 5.92 Å². The molecule has 0 aromatic heterocycles. The zero-order valence-electron chi connectivity index (χ0n) is 13.6. The van der Waals surface area contributed by atoms with E-state index in [1.165, 1.54) is 18.2 Å². The van der Waals surface area contributed by atoms with Gasteiger partial charge in [-0.05, 0) is 68.1 Å². The Morgan fingerprint density at radius 1 is 1.04 bits per heavy atom. The second-order valence-electron chi connectivity index (χ2n) is 6.33. The first-order chi connectivity index (χ1) is 11.5. The number of allylic oxidation sites excluding steroid dienone is 4. The summed E-state index contributed by atoms with van der Waals surface area (Å²) in [5.74, 6) is 1.08. The molecule has 0 amide bonds. The predicted molar refractivity (Wildman–Crippen MR) is 89.3 cm³/mol. The van der Waals surface area contributed by atoms with Crippen LogP contribution < -0.4 is 0 Å². The molecule has 2 rings (SSSR count). The third kappa shape index (κ3) is 5.56. The summed E-state index contributed by atoms with van der Waals surface area (Å²) in [5.41, 5.74) is 0.458. The maximum Gasteiger partial charge on any atom is 0.416 e. The van der Waals surface area contributed by atoms with Gasteiger partial charge in [-0.25, -0.2) is 0 Å². The van der Waals surface area contributed by atoms with Crippen LogP contribution in [0.4, 0.5) is 13.2 Å². The Morgan fingerprint density at radius 2 is 1.71 bits per heavy atom. The molecular formula is C20H22F3N. The first-order valence-corrected chi connectivity index (χ1v) is 8.39. The quantitative estimate of drug-likeness (QED) is 0.452. The Morgan fingerprint density at radius 3 is 2.29 bits per heavy atom. The van der Waals surface area contributed by atoms with Crippen molar-refractivity contribution in [2.75, 3.05) is 0 Å². The van der Waals surface area contributed by atoms with Crippen LogP contribution in [0.25, 0.3) is 0 Å². The van der Waals surface area contributed by atoms with Crippen LogP contribution in [0.5, 0.6) is 0 Å². The molecule has 0 atom stereocenters. The summed E-state index contributed by atoms with van der Waals surface area (Å²) in [6, 6.07) is 7.61. The minimum atomic E-state index is -4.26. The summed E-state index contributed by atoms with van der Waals surface area (Å²) in [4.78, 5) is 0. The number of nitrogens with zero attached hydrogens (tertiary/aromatic N) is 1. The second kappa shape index (κ2) is 8.73. The molecule has 0 radical (unpaired) electrons. The molecule has 0 bridgehead atoms. The fourth-order valence-electron chi connectivity index (χ4n) is 3.33. The van der Waals surface area contributed by atoms with E-state index in [9.17, 15) is 13.2 Å². The zero-order valence-corrected chi connectivity index (χ0v) is 13.6. The lowest BCUT2D eigenvalue weighted by molar-refractivity contribution is -0.137. The second-order valence-corrected chi connectivity index (χ2v) is 6.33. The van der Waals surface area contributed by atoms with E-state index in [-0.39, 0.29) is 0 Å². The molecule has 1 aliphatic rings. The average Bonchev–Trinajstić information content (AvgIpc) is 2.58. The van der Waals surface area contributed by atoms with E-state index in [0.717, 1.165) is 44.1 Å². The SMILES string of the molecule is N#CC=CC=CCC[C@H]1CC[C@H](c2ccc(C(F)(F)F)cc2)CC1. The van der Waals surface area contributed by atoms with Gasteiger partial charge in [0.05, 0.1) is 11.6 Å². The van der Waals surface area contributed by atoms with Gasteiger partial charge < -0.3 is 0 Å². The topological polar surface area (TPSA) is 23.8 Å². The molecule has 0 aliphatic heterocycles. The lowest BCUT2D eigenvalue weighted by Gasteiger charge is -2.28. The number of hydrogen-bond donors (Lipinski definition) is 0. The van der Waals surface area contributed by atoms with Gasteiger partial charge in [0.25, 0.3) is 0 Å². The van der Waals surface area contributed by atoms with Crippen molar-refractivity contribution in [3.63, 3.8) is 0 Å². The number of alkyl halides is 3. The lowest BCUT2D eigenvalue weighted by atomic mass is 9.77. The van der Waals surface area contributed by atoms with Crippen LogP contribution >= 0.6 is 0 Å². The van der Waals surface area contributed by atoms with Gasteiger partial charge in [-0.1, -0.05) is 30.4 Å². The Labute approximate surface area is 141 Å². The normalized spacial score (nSPS) is 22.1. The smallest absolute Gasteiger partial charge is 0.193 e. The van der Waals surface area contributed by atoms with Crippen LogP contribution in [0, 0.1) is 17.2 Å². The van der Waals surface area contributed by atoms with Gasteiger partial charge in [-0.3, -0.25) is 0 Å². The molecule has 0 saturated heterocycles. The summed E-state index contributed by atoms with van der Waals surface area (Å²) in [6.45, 7) is 0. The summed E-state index contributed by atoms with van der Waals surface area (Å²) in [6.07, 6.45) is 9.41. The summed E-state index contributed by atoms with van der Waals surface area (Å²) in [7, 11) is 0. The van der Waals surface area contributed by atoms with E-state index >= 15 is 0 Å². The molecule has 1 saturated carbocycles. The predicted octanol–water partition coefficient (Wildman–Crippen LogP) is 6.40. The van der Waals surface area contributed by atoms with E-state index < -0.39 is 11.7 Å². The molecule has 128 valence electrons. The fourth-order valence-corrected chi connectivity index (χ4v) is 3.33. The third-order valence-electron chi connectivity index (χ3n) is 4.72. The van der Waals surface area contributed by atoms with Crippen molar-refractivity contribution in [1.29, 1.82) is 5.26 Å². The van der Waals surface area contributed by atoms with Crippen LogP contribution in [0.15, 0.2) is 48.6 Å². The highest BCUT2D eigenvalue weighted by Crippen LogP contribution is 2.38. The standard InChI is InChI=1S/C20H22F3N/c21-20(22,23)19-13-11-18(12-14-19)17-9-7-16(8-10-17)6-4-2-1-3-5-15-24/h1-3,5,11-14,16-17H,4,6-10H2/t16-,17-. The van der Waals surface area contributed by atoms with Crippen molar-refractivity contribution in [3.8, 4) is 6.07 Å². The van der Waals surface area contributed by atoms with Crippen molar-refractivity contribution in [3.05, 3.63) is 59.7 Å². The van der Waals surface area contributed by atoms with Crippen LogP contribution in [-0.4, -0.2) is 0 Å². The molecule has 24 heavy (non-hydrogen) atoms. The molecule has 0 unspecified atom stereocenters. The molecule has 4 heteroatoms. The van der Waals surface area contributed by atoms with Crippen molar-refractivity contribution in [2.45, 2.75) is 50.6 Å². The molecule has 1 aromatic rings. The van der Waals surface area contributed by atoms with Gasteiger partial charge >= 0.3 is 6.18 Å². The van der Waals surface area contributed by atoms with Crippen LogP contribution in [0.1, 0.15) is 55.6 Å². The molecule has 0 spiro atoms. The fraction of sp³-hybridized carbons (Fsp3) is 0.450. The maximum absolute atomic E-state index is 12.6. The van der Waals surface area contributed by atoms with Gasteiger partial charge in [0.15, 0.2) is 0 Å².